The van der Waals surface area contributed by atoms with E-state index < -0.39 is 5.82 Å². The van der Waals surface area contributed by atoms with Crippen LogP contribution in [0.1, 0.15) is 12.0 Å². The molecule has 96 valence electrons. The number of halogens is 2. The minimum Gasteiger partial charge on any atom is -0.482 e. The quantitative estimate of drug-likeness (QED) is 0.608. The molecule has 0 saturated carbocycles. The van der Waals surface area contributed by atoms with Crippen LogP contribution < -0.4 is 4.90 Å². The number of nitrogens with zero attached hydrogens (tertiary/aromatic N) is 1. The van der Waals surface area contributed by atoms with Crippen LogP contribution in [-0.2, 0) is 11.2 Å². The molecule has 0 amide bonds. The van der Waals surface area contributed by atoms with Crippen molar-refractivity contribution in [2.24, 2.45) is 0 Å². The number of anilines is 1. The van der Waals surface area contributed by atoms with E-state index in [0.717, 1.165) is 30.6 Å². The van der Waals surface area contributed by atoms with Gasteiger partial charge in [-0.25, -0.2) is 4.39 Å². The van der Waals surface area contributed by atoms with Crippen molar-refractivity contribution < 1.29 is 9.13 Å². The number of benzene rings is 1. The molecule has 0 unspecified atom stereocenters. The Morgan fingerprint density at radius 2 is 2.33 bits per heavy atom. The van der Waals surface area contributed by atoms with Gasteiger partial charge in [-0.15, -0.1) is 0 Å². The Morgan fingerprint density at radius 3 is 3.00 bits per heavy atom. The zero-order chi connectivity index (χ0) is 13.1. The molecule has 0 fully saturated rings. The van der Waals surface area contributed by atoms with Crippen LogP contribution in [0.2, 0.25) is 5.02 Å². The molecule has 0 saturated heterocycles. The molecule has 2 nitrogen and oxygen atoms in total. The second-order valence-corrected chi connectivity index (χ2v) is 4.50. The predicted molar refractivity (Wildman–Crippen MR) is 72.4 cm³/mol. The molecule has 4 heteroatoms. The first-order valence-corrected chi connectivity index (χ1v) is 6.17. The second-order valence-electron chi connectivity index (χ2n) is 4.09. The number of aryl methyl sites for hydroxylation is 1. The monoisotopic (exact) mass is 267 g/mol. The summed E-state index contributed by atoms with van der Waals surface area (Å²) in [5.41, 5.74) is 1.86. The highest BCUT2D eigenvalue weighted by atomic mass is 35.5. The first kappa shape index (κ1) is 13.0. The lowest BCUT2D eigenvalue weighted by molar-refractivity contribution is 0.277. The molecule has 0 atom stereocenters. The Labute approximate surface area is 111 Å². The highest BCUT2D eigenvalue weighted by molar-refractivity contribution is 6.30. The molecular formula is C14H15ClFNO. The Morgan fingerprint density at radius 1 is 1.56 bits per heavy atom. The van der Waals surface area contributed by atoms with Crippen molar-refractivity contribution in [2.45, 2.75) is 12.8 Å². The van der Waals surface area contributed by atoms with E-state index in [-0.39, 0.29) is 5.02 Å². The van der Waals surface area contributed by atoms with Gasteiger partial charge in [-0.1, -0.05) is 24.3 Å². The Bertz CT molecular complexity index is 499. The average Bonchev–Trinajstić information content (AvgIpc) is 2.37. The van der Waals surface area contributed by atoms with Crippen LogP contribution in [0.5, 0.6) is 0 Å². The molecule has 1 aromatic carbocycles. The maximum atomic E-state index is 13.6. The number of hydrogen-bond donors (Lipinski definition) is 0. The fourth-order valence-electron chi connectivity index (χ4n) is 2.18. The van der Waals surface area contributed by atoms with Crippen LogP contribution in [-0.4, -0.2) is 13.7 Å². The lowest BCUT2D eigenvalue weighted by atomic mass is 10.0. The molecule has 0 aromatic heterocycles. The molecule has 18 heavy (non-hydrogen) atoms. The summed E-state index contributed by atoms with van der Waals surface area (Å²) in [4.78, 5) is 1.94. The van der Waals surface area contributed by atoms with E-state index in [1.165, 1.54) is 6.07 Å². The molecular weight excluding hydrogens is 253 g/mol. The van der Waals surface area contributed by atoms with E-state index in [1.54, 1.807) is 25.3 Å². The smallest absolute Gasteiger partial charge is 0.193 e. The molecule has 2 rings (SSSR count). The van der Waals surface area contributed by atoms with Crippen LogP contribution in [0.3, 0.4) is 0 Å². The van der Waals surface area contributed by atoms with Gasteiger partial charge in [-0.05, 0) is 36.6 Å². The third-order valence-electron chi connectivity index (χ3n) is 2.98. The summed E-state index contributed by atoms with van der Waals surface area (Å²) < 4.78 is 18.9. The highest BCUT2D eigenvalue weighted by Crippen LogP contribution is 2.33. The van der Waals surface area contributed by atoms with E-state index >= 15 is 0 Å². The van der Waals surface area contributed by atoms with Gasteiger partial charge in [0.15, 0.2) is 5.88 Å². The van der Waals surface area contributed by atoms with Gasteiger partial charge in [0.2, 0.25) is 0 Å². The summed E-state index contributed by atoms with van der Waals surface area (Å²) in [5, 5.41) is 0.169. The topological polar surface area (TPSA) is 12.5 Å². The van der Waals surface area contributed by atoms with Crippen molar-refractivity contribution in [2.75, 3.05) is 18.6 Å². The van der Waals surface area contributed by atoms with Crippen molar-refractivity contribution >= 4 is 17.3 Å². The fourth-order valence-corrected chi connectivity index (χ4v) is 2.36. The van der Waals surface area contributed by atoms with Crippen molar-refractivity contribution in [1.82, 2.24) is 0 Å². The number of allylic oxidation sites excluding steroid dienone is 2. The zero-order valence-corrected chi connectivity index (χ0v) is 11.0. The summed E-state index contributed by atoms with van der Waals surface area (Å²) in [6, 6.07) is 3.16. The van der Waals surface area contributed by atoms with Crippen LogP contribution in [0.25, 0.3) is 0 Å². The molecule has 0 aliphatic carbocycles. The number of ether oxygens (including phenoxy) is 1. The first-order chi connectivity index (χ1) is 8.67. The van der Waals surface area contributed by atoms with E-state index in [4.69, 9.17) is 16.3 Å². The minimum absolute atomic E-state index is 0.169. The van der Waals surface area contributed by atoms with E-state index in [0.29, 0.717) is 5.88 Å². The lowest BCUT2D eigenvalue weighted by Crippen LogP contribution is -2.29. The third kappa shape index (κ3) is 2.36. The van der Waals surface area contributed by atoms with E-state index in [1.807, 2.05) is 4.90 Å². The summed E-state index contributed by atoms with van der Waals surface area (Å²) >= 11 is 5.81. The summed E-state index contributed by atoms with van der Waals surface area (Å²) in [6.07, 6.45) is 5.30. The minimum atomic E-state index is -0.406. The molecule has 0 bridgehead atoms. The summed E-state index contributed by atoms with van der Waals surface area (Å²) in [5.74, 6) is 0.254. The Kier molecular flexibility index (Phi) is 3.92. The van der Waals surface area contributed by atoms with Crippen LogP contribution in [0.4, 0.5) is 10.1 Å². The summed E-state index contributed by atoms with van der Waals surface area (Å²) in [7, 11) is 1.59. The predicted octanol–water partition coefficient (Wildman–Crippen LogP) is 3.91. The van der Waals surface area contributed by atoms with Crippen molar-refractivity contribution in [1.29, 1.82) is 0 Å². The number of rotatable bonds is 3. The lowest BCUT2D eigenvalue weighted by Gasteiger charge is -2.32. The van der Waals surface area contributed by atoms with Gasteiger partial charge in [0.05, 0.1) is 12.1 Å². The van der Waals surface area contributed by atoms with Gasteiger partial charge in [0.25, 0.3) is 0 Å². The van der Waals surface area contributed by atoms with Gasteiger partial charge in [-0.3, -0.25) is 0 Å². The van der Waals surface area contributed by atoms with Crippen molar-refractivity contribution in [3.8, 4) is 0 Å². The normalized spacial score (nSPS) is 15.3. The Balaban J connectivity index is 2.47. The highest BCUT2D eigenvalue weighted by Gasteiger charge is 2.22. The van der Waals surface area contributed by atoms with E-state index in [9.17, 15) is 4.39 Å². The third-order valence-corrected chi connectivity index (χ3v) is 3.27. The van der Waals surface area contributed by atoms with Crippen LogP contribution in [0, 0.1) is 5.82 Å². The fraction of sp³-hybridized carbons (Fsp3) is 0.286. The molecule has 1 aliphatic rings. The maximum Gasteiger partial charge on any atom is 0.193 e. The van der Waals surface area contributed by atoms with Crippen LogP contribution >= 0.6 is 11.6 Å². The van der Waals surface area contributed by atoms with Gasteiger partial charge in [0.1, 0.15) is 5.82 Å². The van der Waals surface area contributed by atoms with Crippen LogP contribution in [0.15, 0.2) is 36.7 Å². The number of methoxy groups -OCH3 is 1. The molecule has 1 aliphatic heterocycles. The number of fused-ring (bicyclic) bond motifs is 1. The SMILES string of the molecule is C=C/C=C(\OC)N1CCCc2cc(Cl)c(F)cc21. The molecule has 0 radical (unpaired) electrons. The standard InChI is InChI=1S/C14H15ClFNO/c1-3-5-14(18-2)17-7-4-6-10-8-11(15)12(16)9-13(10)17/h3,5,8-9H,1,4,6-7H2,2H3/b14-5-. The largest absolute Gasteiger partial charge is 0.482 e. The molecule has 1 heterocycles. The summed E-state index contributed by atoms with van der Waals surface area (Å²) in [6.45, 7) is 4.45. The Hall–Kier alpha value is -1.48. The first-order valence-electron chi connectivity index (χ1n) is 5.79. The van der Waals surface area contributed by atoms with Gasteiger partial charge >= 0.3 is 0 Å². The second kappa shape index (κ2) is 5.44. The maximum absolute atomic E-state index is 13.6. The van der Waals surface area contributed by atoms with E-state index in [2.05, 4.69) is 6.58 Å². The van der Waals surface area contributed by atoms with Crippen molar-refractivity contribution in [3.05, 3.63) is 53.2 Å². The average molecular weight is 268 g/mol. The van der Waals surface area contributed by atoms with Crippen molar-refractivity contribution in [3.63, 3.8) is 0 Å². The molecule has 1 aromatic rings. The van der Waals surface area contributed by atoms with Gasteiger partial charge in [0, 0.05) is 12.2 Å². The molecule has 0 N–H and O–H groups in total. The molecule has 0 spiro atoms. The number of hydrogen-bond acceptors (Lipinski definition) is 2. The van der Waals surface area contributed by atoms with Gasteiger partial charge < -0.3 is 9.64 Å². The zero-order valence-electron chi connectivity index (χ0n) is 10.2. The van der Waals surface area contributed by atoms with Gasteiger partial charge in [-0.2, -0.15) is 0 Å².